The molecule has 0 bridgehead atoms. The summed E-state index contributed by atoms with van der Waals surface area (Å²) in [6, 6.07) is 15.4. The van der Waals surface area contributed by atoms with E-state index < -0.39 is 0 Å². The quantitative estimate of drug-likeness (QED) is 0.584. The number of hydrogen-bond donors (Lipinski definition) is 3. The molecule has 0 aliphatic heterocycles. The van der Waals surface area contributed by atoms with Gasteiger partial charge in [-0.15, -0.1) is 0 Å². The molecular formula is C19H24N4O. The third-order valence-corrected chi connectivity index (χ3v) is 3.70. The molecular weight excluding hydrogens is 300 g/mol. The molecule has 2 aromatic rings. The van der Waals surface area contributed by atoms with Gasteiger partial charge in [0.1, 0.15) is 0 Å². The van der Waals surface area contributed by atoms with Crippen LogP contribution >= 0.6 is 0 Å². The van der Waals surface area contributed by atoms with Gasteiger partial charge in [-0.05, 0) is 41.3 Å². The van der Waals surface area contributed by atoms with Crippen LogP contribution in [0.25, 0.3) is 0 Å². The maximum atomic E-state index is 11.5. The van der Waals surface area contributed by atoms with E-state index in [1.54, 1.807) is 19.2 Å². The van der Waals surface area contributed by atoms with Gasteiger partial charge in [-0.25, -0.2) is 4.99 Å². The predicted molar refractivity (Wildman–Crippen MR) is 99.3 cm³/mol. The third-order valence-electron chi connectivity index (χ3n) is 3.70. The van der Waals surface area contributed by atoms with E-state index in [-0.39, 0.29) is 5.91 Å². The topological polar surface area (TPSA) is 79.5 Å². The molecule has 5 heteroatoms. The number of hydrogen-bond acceptors (Lipinski definition) is 2. The fraction of sp³-hybridized carbons (Fsp3) is 0.263. The van der Waals surface area contributed by atoms with Crippen molar-refractivity contribution < 1.29 is 4.79 Å². The summed E-state index contributed by atoms with van der Waals surface area (Å²) in [5.74, 6) is 0.728. The van der Waals surface area contributed by atoms with Crippen LogP contribution in [0.1, 0.15) is 41.3 Å². The molecule has 5 nitrogen and oxygen atoms in total. The zero-order valence-corrected chi connectivity index (χ0v) is 14.3. The summed E-state index contributed by atoms with van der Waals surface area (Å²) >= 11 is 0. The molecule has 0 unspecified atom stereocenters. The van der Waals surface area contributed by atoms with Crippen molar-refractivity contribution >= 4 is 17.6 Å². The second kappa shape index (κ2) is 8.15. The normalized spacial score (nSPS) is 11.4. The molecule has 1 amide bonds. The van der Waals surface area contributed by atoms with E-state index >= 15 is 0 Å². The summed E-state index contributed by atoms with van der Waals surface area (Å²) in [6.07, 6.45) is 0. The van der Waals surface area contributed by atoms with Gasteiger partial charge in [0, 0.05) is 18.3 Å². The lowest BCUT2D eigenvalue weighted by Gasteiger charge is -2.10. The predicted octanol–water partition coefficient (Wildman–Crippen LogP) is 3.10. The van der Waals surface area contributed by atoms with Crippen LogP contribution in [0.15, 0.2) is 53.5 Å². The SMILES string of the molecule is CNC(=O)c1ccc(CN=C(N)Nc2cccc(C(C)C)c2)cc1. The minimum Gasteiger partial charge on any atom is -0.370 e. The Hall–Kier alpha value is -2.82. The molecule has 0 fully saturated rings. The Balaban J connectivity index is 1.99. The standard InChI is InChI=1S/C19H24N4O/c1-13(2)16-5-4-6-17(11-16)23-19(20)22-12-14-7-9-15(10-8-14)18(24)21-3/h4-11,13H,12H2,1-3H3,(H,21,24)(H3,20,22,23). The number of guanidine groups is 1. The Kier molecular flexibility index (Phi) is 5.95. The van der Waals surface area contributed by atoms with E-state index in [0.29, 0.717) is 24.0 Å². The lowest BCUT2D eigenvalue weighted by molar-refractivity contribution is 0.0963. The highest BCUT2D eigenvalue weighted by Crippen LogP contribution is 2.18. The van der Waals surface area contributed by atoms with Crippen molar-refractivity contribution in [3.63, 3.8) is 0 Å². The minimum absolute atomic E-state index is 0.101. The highest BCUT2D eigenvalue weighted by atomic mass is 16.1. The van der Waals surface area contributed by atoms with Crippen molar-refractivity contribution in [2.75, 3.05) is 12.4 Å². The van der Waals surface area contributed by atoms with Gasteiger partial charge in [-0.2, -0.15) is 0 Å². The van der Waals surface area contributed by atoms with Crippen molar-refractivity contribution in [3.8, 4) is 0 Å². The lowest BCUT2D eigenvalue weighted by atomic mass is 10.0. The fourth-order valence-electron chi connectivity index (χ4n) is 2.25. The number of nitrogens with two attached hydrogens (primary N) is 1. The van der Waals surface area contributed by atoms with Crippen molar-refractivity contribution in [2.45, 2.75) is 26.3 Å². The van der Waals surface area contributed by atoms with Gasteiger partial charge in [0.15, 0.2) is 5.96 Å². The molecule has 2 rings (SSSR count). The monoisotopic (exact) mass is 324 g/mol. The van der Waals surface area contributed by atoms with Crippen molar-refractivity contribution in [2.24, 2.45) is 10.7 Å². The molecule has 0 atom stereocenters. The summed E-state index contributed by atoms with van der Waals surface area (Å²) in [6.45, 7) is 4.76. The van der Waals surface area contributed by atoms with Gasteiger partial charge in [-0.3, -0.25) is 4.79 Å². The molecule has 0 aliphatic carbocycles. The Morgan fingerprint density at radius 3 is 2.50 bits per heavy atom. The number of nitrogens with zero attached hydrogens (tertiary/aromatic N) is 1. The highest BCUT2D eigenvalue weighted by Gasteiger charge is 2.03. The molecule has 0 spiro atoms. The zero-order valence-electron chi connectivity index (χ0n) is 14.3. The Bertz CT molecular complexity index is 720. The van der Waals surface area contributed by atoms with Crippen molar-refractivity contribution in [1.82, 2.24) is 5.32 Å². The number of rotatable bonds is 5. The first-order chi connectivity index (χ1) is 11.5. The van der Waals surface area contributed by atoms with Crippen LogP contribution < -0.4 is 16.4 Å². The average Bonchev–Trinajstić information content (AvgIpc) is 2.60. The lowest BCUT2D eigenvalue weighted by Crippen LogP contribution is -2.22. The van der Waals surface area contributed by atoms with Gasteiger partial charge in [0.2, 0.25) is 0 Å². The van der Waals surface area contributed by atoms with E-state index in [4.69, 9.17) is 5.73 Å². The van der Waals surface area contributed by atoms with Gasteiger partial charge in [-0.1, -0.05) is 38.1 Å². The molecule has 0 radical (unpaired) electrons. The van der Waals surface area contributed by atoms with Crippen LogP contribution in [-0.2, 0) is 6.54 Å². The Labute approximate surface area is 143 Å². The maximum Gasteiger partial charge on any atom is 0.251 e. The number of carbonyl (C=O) groups excluding carboxylic acids is 1. The van der Waals surface area contributed by atoms with Crippen LogP contribution in [-0.4, -0.2) is 18.9 Å². The molecule has 24 heavy (non-hydrogen) atoms. The third kappa shape index (κ3) is 4.84. The van der Waals surface area contributed by atoms with Gasteiger partial charge in [0.25, 0.3) is 5.91 Å². The summed E-state index contributed by atoms with van der Waals surface area (Å²) < 4.78 is 0. The second-order valence-corrected chi connectivity index (χ2v) is 5.88. The Morgan fingerprint density at radius 2 is 1.88 bits per heavy atom. The number of aliphatic imine (C=N–C) groups is 1. The van der Waals surface area contributed by atoms with Crippen LogP contribution in [0.4, 0.5) is 5.69 Å². The summed E-state index contributed by atoms with van der Waals surface area (Å²) in [5.41, 5.74) is 9.75. The van der Waals surface area contributed by atoms with Crippen LogP contribution in [0.2, 0.25) is 0 Å². The molecule has 0 aromatic heterocycles. The van der Waals surface area contributed by atoms with Gasteiger partial charge in [0.05, 0.1) is 6.54 Å². The Morgan fingerprint density at radius 1 is 1.17 bits per heavy atom. The van der Waals surface area contributed by atoms with Gasteiger partial charge >= 0.3 is 0 Å². The number of amides is 1. The second-order valence-electron chi connectivity index (χ2n) is 5.88. The maximum absolute atomic E-state index is 11.5. The molecule has 2 aromatic carbocycles. The summed E-state index contributed by atoms with van der Waals surface area (Å²) in [5, 5.41) is 5.70. The van der Waals surface area contributed by atoms with Crippen LogP contribution in [0.3, 0.4) is 0 Å². The zero-order chi connectivity index (χ0) is 17.5. The molecule has 126 valence electrons. The number of nitrogens with one attached hydrogen (secondary N) is 2. The van der Waals surface area contributed by atoms with Crippen molar-refractivity contribution in [1.29, 1.82) is 0 Å². The van der Waals surface area contributed by atoms with E-state index in [0.717, 1.165) is 11.3 Å². The molecule has 0 saturated carbocycles. The van der Waals surface area contributed by atoms with Crippen LogP contribution in [0.5, 0.6) is 0 Å². The molecule has 0 heterocycles. The fourth-order valence-corrected chi connectivity index (χ4v) is 2.25. The summed E-state index contributed by atoms with van der Waals surface area (Å²) in [7, 11) is 1.61. The first-order valence-electron chi connectivity index (χ1n) is 7.97. The molecule has 0 saturated heterocycles. The van der Waals surface area contributed by atoms with E-state index in [1.807, 2.05) is 24.3 Å². The first kappa shape index (κ1) is 17.5. The van der Waals surface area contributed by atoms with Gasteiger partial charge < -0.3 is 16.4 Å². The molecule has 4 N–H and O–H groups in total. The highest BCUT2D eigenvalue weighted by molar-refractivity contribution is 5.94. The number of benzene rings is 2. The summed E-state index contributed by atoms with van der Waals surface area (Å²) in [4.78, 5) is 15.8. The van der Waals surface area contributed by atoms with E-state index in [2.05, 4.69) is 41.6 Å². The smallest absolute Gasteiger partial charge is 0.251 e. The molecule has 0 aliphatic rings. The van der Waals surface area contributed by atoms with Crippen LogP contribution in [0, 0.1) is 0 Å². The van der Waals surface area contributed by atoms with E-state index in [1.165, 1.54) is 5.56 Å². The largest absolute Gasteiger partial charge is 0.370 e. The first-order valence-corrected chi connectivity index (χ1v) is 7.97. The van der Waals surface area contributed by atoms with Crippen molar-refractivity contribution in [3.05, 3.63) is 65.2 Å². The average molecular weight is 324 g/mol. The number of carbonyl (C=O) groups is 1. The minimum atomic E-state index is -0.101. The van der Waals surface area contributed by atoms with E-state index in [9.17, 15) is 4.79 Å². The number of anilines is 1.